The van der Waals surface area contributed by atoms with Crippen LogP contribution < -0.4 is 5.32 Å². The average Bonchev–Trinajstić information content (AvgIpc) is 3.28. The lowest BCUT2D eigenvalue weighted by atomic mass is 9.89. The van der Waals surface area contributed by atoms with Gasteiger partial charge in [0, 0.05) is 44.8 Å². The van der Waals surface area contributed by atoms with Gasteiger partial charge in [0.25, 0.3) is 11.8 Å². The van der Waals surface area contributed by atoms with E-state index in [9.17, 15) is 9.59 Å². The van der Waals surface area contributed by atoms with Gasteiger partial charge in [-0.25, -0.2) is 0 Å². The number of nitrogens with one attached hydrogen (secondary N) is 1. The number of amides is 2. The molecule has 2 fully saturated rings. The summed E-state index contributed by atoms with van der Waals surface area (Å²) in [4.78, 5) is 30.0. The van der Waals surface area contributed by atoms with Gasteiger partial charge in [-0.05, 0) is 30.9 Å². The summed E-state index contributed by atoms with van der Waals surface area (Å²) in [5, 5.41) is 11.7. The van der Waals surface area contributed by atoms with E-state index in [4.69, 9.17) is 0 Å². The van der Waals surface area contributed by atoms with E-state index in [1.807, 2.05) is 39.8 Å². The number of hydrogen-bond donors (Lipinski definition) is 1. The van der Waals surface area contributed by atoms with Gasteiger partial charge in [-0.2, -0.15) is 0 Å². The van der Waals surface area contributed by atoms with Crippen LogP contribution in [-0.2, 0) is 6.54 Å². The number of carbonyl (C=O) groups excluding carboxylic acids is 2. The average molecular weight is 423 g/mol. The van der Waals surface area contributed by atoms with Gasteiger partial charge in [-0.3, -0.25) is 14.5 Å². The predicted octanol–water partition coefficient (Wildman–Crippen LogP) is 2.10. The number of fused-ring (bicyclic) bond motifs is 3. The summed E-state index contributed by atoms with van der Waals surface area (Å²) in [6, 6.07) is 9.37. The normalized spacial score (nSPS) is 21.9. The van der Waals surface area contributed by atoms with E-state index in [1.54, 1.807) is 0 Å². The molecule has 1 saturated carbocycles. The van der Waals surface area contributed by atoms with Gasteiger partial charge < -0.3 is 14.8 Å². The van der Waals surface area contributed by atoms with E-state index in [-0.39, 0.29) is 17.9 Å². The summed E-state index contributed by atoms with van der Waals surface area (Å²) in [5.41, 5.74) is 0.705. The Morgan fingerprint density at radius 2 is 1.74 bits per heavy atom. The molecule has 1 atom stereocenters. The van der Waals surface area contributed by atoms with Crippen molar-refractivity contribution < 1.29 is 9.59 Å². The molecule has 1 N–H and O–H groups in total. The van der Waals surface area contributed by atoms with Crippen LogP contribution in [0.2, 0.25) is 0 Å². The number of hydrogen-bond acceptors (Lipinski definition) is 5. The molecule has 164 valence electrons. The molecule has 0 radical (unpaired) electrons. The highest BCUT2D eigenvalue weighted by Crippen LogP contribution is 2.29. The van der Waals surface area contributed by atoms with Gasteiger partial charge >= 0.3 is 0 Å². The number of aromatic nitrogens is 3. The maximum atomic E-state index is 12.9. The lowest BCUT2D eigenvalue weighted by molar-refractivity contribution is 0.0373. The molecule has 2 aromatic rings. The Kier molecular flexibility index (Phi) is 5.72. The standard InChI is InChI=1S/C23H30N6O2/c30-22(24-15-17-7-3-1-4-8-17)21-26-25-20-19-16-28(12-11-27(19)13-14-29(20)21)23(31)18-9-5-2-6-10-18/h2,5-6,9-10,17,19H,1,3-4,7-8,11-16H2,(H,24,30)/t19-/m1/s1. The first-order valence-electron chi connectivity index (χ1n) is 11.5. The molecule has 31 heavy (non-hydrogen) atoms. The van der Waals surface area contributed by atoms with Crippen molar-refractivity contribution in [1.29, 1.82) is 0 Å². The van der Waals surface area contributed by atoms with Crippen molar-refractivity contribution in [3.63, 3.8) is 0 Å². The first kappa shape index (κ1) is 20.2. The Labute approximate surface area is 182 Å². The van der Waals surface area contributed by atoms with Crippen LogP contribution in [0.5, 0.6) is 0 Å². The fraction of sp³-hybridized carbons (Fsp3) is 0.565. The van der Waals surface area contributed by atoms with Crippen molar-refractivity contribution in [2.24, 2.45) is 5.92 Å². The van der Waals surface area contributed by atoms with E-state index in [1.165, 1.54) is 32.1 Å². The molecule has 3 heterocycles. The molecule has 2 aliphatic heterocycles. The van der Waals surface area contributed by atoms with Crippen LogP contribution in [0.4, 0.5) is 0 Å². The van der Waals surface area contributed by atoms with Crippen molar-refractivity contribution in [1.82, 2.24) is 29.9 Å². The van der Waals surface area contributed by atoms with Gasteiger partial charge in [0.2, 0.25) is 5.82 Å². The lowest BCUT2D eigenvalue weighted by Crippen LogP contribution is -2.53. The van der Waals surface area contributed by atoms with Crippen LogP contribution in [0.1, 0.15) is 64.9 Å². The van der Waals surface area contributed by atoms with E-state index >= 15 is 0 Å². The first-order valence-corrected chi connectivity index (χ1v) is 11.5. The van der Waals surface area contributed by atoms with Crippen LogP contribution in [0.25, 0.3) is 0 Å². The van der Waals surface area contributed by atoms with E-state index in [0.29, 0.717) is 36.9 Å². The zero-order valence-corrected chi connectivity index (χ0v) is 17.9. The third-order valence-corrected chi connectivity index (χ3v) is 6.97. The molecule has 1 saturated heterocycles. The predicted molar refractivity (Wildman–Crippen MR) is 116 cm³/mol. The molecule has 8 heteroatoms. The maximum Gasteiger partial charge on any atom is 0.289 e. The SMILES string of the molecule is O=C(NCC1CCCCC1)c1nnc2n1CCN1CCN(C(=O)c3ccccc3)C[C@H]21. The number of carbonyl (C=O) groups is 2. The van der Waals surface area contributed by atoms with Gasteiger partial charge in [-0.1, -0.05) is 37.5 Å². The minimum Gasteiger partial charge on any atom is -0.349 e. The second-order valence-electron chi connectivity index (χ2n) is 8.92. The lowest BCUT2D eigenvalue weighted by Gasteiger charge is -2.43. The third-order valence-electron chi connectivity index (χ3n) is 6.97. The molecule has 2 amide bonds. The van der Waals surface area contributed by atoms with Crippen molar-refractivity contribution >= 4 is 11.8 Å². The fourth-order valence-corrected chi connectivity index (χ4v) is 5.17. The van der Waals surface area contributed by atoms with Crippen LogP contribution in [0.3, 0.4) is 0 Å². The van der Waals surface area contributed by atoms with Crippen LogP contribution in [0.15, 0.2) is 30.3 Å². The highest BCUT2D eigenvalue weighted by atomic mass is 16.2. The molecular weight excluding hydrogens is 392 g/mol. The summed E-state index contributed by atoms with van der Waals surface area (Å²) in [7, 11) is 0. The highest BCUT2D eigenvalue weighted by Gasteiger charge is 2.38. The summed E-state index contributed by atoms with van der Waals surface area (Å²) < 4.78 is 1.95. The quantitative estimate of drug-likeness (QED) is 0.816. The smallest absolute Gasteiger partial charge is 0.289 e. The molecule has 1 aromatic heterocycles. The molecule has 3 aliphatic rings. The Morgan fingerprint density at radius 3 is 2.55 bits per heavy atom. The summed E-state index contributed by atoms with van der Waals surface area (Å²) in [6.45, 7) is 4.33. The Balaban J connectivity index is 1.28. The number of piperazine rings is 1. The number of rotatable bonds is 4. The molecule has 0 bridgehead atoms. The van der Waals surface area contributed by atoms with Crippen LogP contribution >= 0.6 is 0 Å². The largest absolute Gasteiger partial charge is 0.349 e. The third kappa shape index (κ3) is 4.08. The fourth-order valence-electron chi connectivity index (χ4n) is 5.17. The minimum absolute atomic E-state index is 0.0254. The topological polar surface area (TPSA) is 83.4 Å². The highest BCUT2D eigenvalue weighted by molar-refractivity contribution is 5.94. The second kappa shape index (κ2) is 8.78. The van der Waals surface area contributed by atoms with Crippen LogP contribution in [-0.4, -0.2) is 69.1 Å². The molecule has 0 unspecified atom stereocenters. The second-order valence-corrected chi connectivity index (χ2v) is 8.92. The zero-order chi connectivity index (χ0) is 21.2. The van der Waals surface area contributed by atoms with Gasteiger partial charge in [-0.15, -0.1) is 10.2 Å². The Bertz CT molecular complexity index is 937. The Hall–Kier alpha value is -2.74. The number of benzene rings is 1. The van der Waals surface area contributed by atoms with Crippen molar-refractivity contribution in [2.45, 2.75) is 44.7 Å². The first-order chi connectivity index (χ1) is 15.2. The summed E-state index contributed by atoms with van der Waals surface area (Å²) >= 11 is 0. The van der Waals surface area contributed by atoms with Crippen molar-refractivity contribution in [3.05, 3.63) is 47.5 Å². The zero-order valence-electron chi connectivity index (χ0n) is 17.9. The number of nitrogens with zero attached hydrogens (tertiary/aromatic N) is 5. The summed E-state index contributed by atoms with van der Waals surface area (Å²) in [6.07, 6.45) is 6.22. The molecule has 1 aromatic carbocycles. The molecular formula is C23H30N6O2. The molecule has 0 spiro atoms. The van der Waals surface area contributed by atoms with E-state index < -0.39 is 0 Å². The maximum absolute atomic E-state index is 12.9. The monoisotopic (exact) mass is 422 g/mol. The van der Waals surface area contributed by atoms with Gasteiger partial charge in [0.05, 0.1) is 6.04 Å². The minimum atomic E-state index is -0.134. The molecule has 5 rings (SSSR count). The molecule has 1 aliphatic carbocycles. The van der Waals surface area contributed by atoms with Crippen LogP contribution in [0, 0.1) is 5.92 Å². The Morgan fingerprint density at radius 1 is 0.968 bits per heavy atom. The summed E-state index contributed by atoms with van der Waals surface area (Å²) in [5.74, 6) is 1.68. The van der Waals surface area contributed by atoms with E-state index in [0.717, 1.165) is 25.5 Å². The van der Waals surface area contributed by atoms with Gasteiger partial charge in [0.15, 0.2) is 5.82 Å². The van der Waals surface area contributed by atoms with Crippen molar-refractivity contribution in [2.75, 3.05) is 32.7 Å². The van der Waals surface area contributed by atoms with Gasteiger partial charge in [0.1, 0.15) is 0 Å². The van der Waals surface area contributed by atoms with E-state index in [2.05, 4.69) is 20.4 Å². The molecule has 8 nitrogen and oxygen atoms in total. The van der Waals surface area contributed by atoms with Crippen molar-refractivity contribution in [3.8, 4) is 0 Å².